The minimum atomic E-state index is -0.671. The summed E-state index contributed by atoms with van der Waals surface area (Å²) in [5, 5.41) is 3.04. The second kappa shape index (κ2) is 14.2. The summed E-state index contributed by atoms with van der Waals surface area (Å²) in [7, 11) is 0. The number of hydrogen-bond acceptors (Lipinski definition) is 3. The maximum Gasteiger partial charge on any atom is 0.261 e. The number of aryl methyl sites for hydroxylation is 1. The molecule has 0 aliphatic carbocycles. The molecule has 5 nitrogen and oxygen atoms in total. The number of carbonyl (C=O) groups excluding carboxylic acids is 2. The zero-order chi connectivity index (χ0) is 25.9. The fourth-order valence-electron chi connectivity index (χ4n) is 3.78. The standard InChI is InChI=1S/C29H32Br2N2O3/c1-3-4-16-32-29(35)27(18-22-8-6-5-7-9-22)33(19-23-10-12-24(30)13-11-23)28(34)20-36-25-14-15-26(31)21(2)17-25/h5-15,17,27H,3-4,16,18-20H2,1-2H3,(H,32,35)/t27-/m0/s1. The smallest absolute Gasteiger partial charge is 0.261 e. The van der Waals surface area contributed by atoms with Gasteiger partial charge in [-0.2, -0.15) is 0 Å². The number of nitrogens with zero attached hydrogens (tertiary/aromatic N) is 1. The third-order valence-corrected chi connectivity index (χ3v) is 7.28. The van der Waals surface area contributed by atoms with Crippen molar-refractivity contribution in [1.82, 2.24) is 10.2 Å². The van der Waals surface area contributed by atoms with Crippen LogP contribution in [-0.4, -0.2) is 35.9 Å². The number of halogens is 2. The Hall–Kier alpha value is -2.64. The summed E-state index contributed by atoms with van der Waals surface area (Å²) >= 11 is 6.95. The van der Waals surface area contributed by atoms with Crippen molar-refractivity contribution in [3.8, 4) is 5.75 Å². The van der Waals surface area contributed by atoms with Crippen LogP contribution < -0.4 is 10.1 Å². The van der Waals surface area contributed by atoms with Crippen LogP contribution in [0.15, 0.2) is 81.7 Å². The predicted octanol–water partition coefficient (Wildman–Crippen LogP) is 6.46. The molecule has 0 radical (unpaired) electrons. The highest BCUT2D eigenvalue weighted by atomic mass is 79.9. The molecular weight excluding hydrogens is 584 g/mol. The average Bonchev–Trinajstić information content (AvgIpc) is 2.88. The van der Waals surface area contributed by atoms with E-state index >= 15 is 0 Å². The molecular formula is C29H32Br2N2O3. The summed E-state index contributed by atoms with van der Waals surface area (Å²) in [6, 6.07) is 22.5. The Bertz CT molecular complexity index is 1140. The van der Waals surface area contributed by atoms with Gasteiger partial charge < -0.3 is 15.0 Å². The van der Waals surface area contributed by atoms with Crippen LogP contribution in [0.2, 0.25) is 0 Å². The molecule has 0 bridgehead atoms. The molecule has 3 aromatic carbocycles. The summed E-state index contributed by atoms with van der Waals surface area (Å²) in [5.41, 5.74) is 2.94. The van der Waals surface area contributed by atoms with Crippen molar-refractivity contribution in [2.45, 2.75) is 45.7 Å². The molecule has 0 aliphatic heterocycles. The summed E-state index contributed by atoms with van der Waals surface area (Å²) in [5.74, 6) is 0.210. The van der Waals surface area contributed by atoms with Gasteiger partial charge in [-0.3, -0.25) is 9.59 Å². The van der Waals surface area contributed by atoms with E-state index in [4.69, 9.17) is 4.74 Å². The first kappa shape index (κ1) is 27.9. The Morgan fingerprint density at radius 1 is 0.972 bits per heavy atom. The lowest BCUT2D eigenvalue weighted by Gasteiger charge is -2.31. The molecule has 0 heterocycles. The van der Waals surface area contributed by atoms with Gasteiger partial charge in [-0.25, -0.2) is 0 Å². The zero-order valence-electron chi connectivity index (χ0n) is 20.7. The molecule has 0 unspecified atom stereocenters. The van der Waals surface area contributed by atoms with E-state index in [9.17, 15) is 9.59 Å². The van der Waals surface area contributed by atoms with Crippen LogP contribution in [0.4, 0.5) is 0 Å². The van der Waals surface area contributed by atoms with Crippen LogP contribution in [0.25, 0.3) is 0 Å². The molecule has 0 fully saturated rings. The minimum absolute atomic E-state index is 0.155. The molecule has 1 atom stereocenters. The number of rotatable bonds is 12. The van der Waals surface area contributed by atoms with Gasteiger partial charge in [0, 0.05) is 28.5 Å². The fourth-order valence-corrected chi connectivity index (χ4v) is 4.29. The van der Waals surface area contributed by atoms with Crippen molar-refractivity contribution in [3.05, 3.63) is 98.4 Å². The highest BCUT2D eigenvalue weighted by Gasteiger charge is 2.30. The Morgan fingerprint density at radius 2 is 1.69 bits per heavy atom. The Morgan fingerprint density at radius 3 is 2.36 bits per heavy atom. The molecule has 0 spiro atoms. The summed E-state index contributed by atoms with van der Waals surface area (Å²) < 4.78 is 7.80. The van der Waals surface area contributed by atoms with Gasteiger partial charge in [0.15, 0.2) is 6.61 Å². The molecule has 0 aliphatic rings. The van der Waals surface area contributed by atoms with Crippen LogP contribution in [-0.2, 0) is 22.6 Å². The Kier molecular flexibility index (Phi) is 11.0. The molecule has 36 heavy (non-hydrogen) atoms. The van der Waals surface area contributed by atoms with Crippen molar-refractivity contribution >= 4 is 43.7 Å². The van der Waals surface area contributed by atoms with Gasteiger partial charge in [-0.15, -0.1) is 0 Å². The van der Waals surface area contributed by atoms with E-state index in [0.29, 0.717) is 25.3 Å². The Labute approximate surface area is 230 Å². The third-order valence-electron chi connectivity index (χ3n) is 5.86. The summed E-state index contributed by atoms with van der Waals surface area (Å²) in [6.45, 7) is 4.77. The molecule has 0 saturated carbocycles. The largest absolute Gasteiger partial charge is 0.484 e. The third kappa shape index (κ3) is 8.49. The molecule has 2 amide bonds. The maximum absolute atomic E-state index is 13.6. The zero-order valence-corrected chi connectivity index (χ0v) is 23.8. The molecule has 0 saturated heterocycles. The van der Waals surface area contributed by atoms with Gasteiger partial charge in [-0.1, -0.05) is 87.7 Å². The van der Waals surface area contributed by atoms with Crippen LogP contribution in [0.5, 0.6) is 5.75 Å². The number of unbranched alkanes of at least 4 members (excludes halogenated alkanes) is 1. The van der Waals surface area contributed by atoms with Crippen LogP contribution in [0.3, 0.4) is 0 Å². The predicted molar refractivity (Wildman–Crippen MR) is 151 cm³/mol. The number of nitrogens with one attached hydrogen (secondary N) is 1. The molecule has 3 aromatic rings. The van der Waals surface area contributed by atoms with Gasteiger partial charge in [0.1, 0.15) is 11.8 Å². The van der Waals surface area contributed by atoms with E-state index in [-0.39, 0.29) is 18.4 Å². The summed E-state index contributed by atoms with van der Waals surface area (Å²) in [6.07, 6.45) is 2.28. The molecule has 3 rings (SSSR count). The lowest BCUT2D eigenvalue weighted by molar-refractivity contribution is -0.142. The van der Waals surface area contributed by atoms with Crippen molar-refractivity contribution in [1.29, 1.82) is 0 Å². The van der Waals surface area contributed by atoms with Crippen LogP contribution in [0, 0.1) is 6.92 Å². The van der Waals surface area contributed by atoms with E-state index in [2.05, 4.69) is 44.1 Å². The van der Waals surface area contributed by atoms with Gasteiger partial charge in [0.05, 0.1) is 0 Å². The van der Waals surface area contributed by atoms with Crippen molar-refractivity contribution in [2.24, 2.45) is 0 Å². The maximum atomic E-state index is 13.6. The summed E-state index contributed by atoms with van der Waals surface area (Å²) in [4.78, 5) is 28.7. The second-order valence-corrected chi connectivity index (χ2v) is 10.5. The van der Waals surface area contributed by atoms with Crippen LogP contribution >= 0.6 is 31.9 Å². The molecule has 190 valence electrons. The lowest BCUT2D eigenvalue weighted by Crippen LogP contribution is -2.51. The minimum Gasteiger partial charge on any atom is -0.484 e. The first-order chi connectivity index (χ1) is 17.4. The van der Waals surface area contributed by atoms with E-state index in [1.165, 1.54) is 0 Å². The molecule has 1 N–H and O–H groups in total. The monoisotopic (exact) mass is 614 g/mol. The first-order valence-corrected chi connectivity index (χ1v) is 13.7. The van der Waals surface area contributed by atoms with Gasteiger partial charge in [0.2, 0.25) is 5.91 Å². The SMILES string of the molecule is CCCCNC(=O)[C@H](Cc1ccccc1)N(Cc1ccc(Br)cc1)C(=O)COc1ccc(Br)c(C)c1. The fraction of sp³-hybridized carbons (Fsp3) is 0.310. The average molecular weight is 616 g/mol. The molecule has 7 heteroatoms. The number of hydrogen-bond donors (Lipinski definition) is 1. The van der Waals surface area contributed by atoms with Gasteiger partial charge >= 0.3 is 0 Å². The quantitative estimate of drug-likeness (QED) is 0.238. The van der Waals surface area contributed by atoms with Crippen LogP contribution in [0.1, 0.15) is 36.5 Å². The number of benzene rings is 3. The Balaban J connectivity index is 1.88. The first-order valence-electron chi connectivity index (χ1n) is 12.1. The van der Waals surface area contributed by atoms with Gasteiger partial charge in [-0.05, 0) is 60.4 Å². The normalized spacial score (nSPS) is 11.6. The van der Waals surface area contributed by atoms with Crippen molar-refractivity contribution < 1.29 is 14.3 Å². The van der Waals surface area contributed by atoms with E-state index in [0.717, 1.165) is 38.5 Å². The second-order valence-electron chi connectivity index (χ2n) is 8.70. The highest BCUT2D eigenvalue weighted by molar-refractivity contribution is 9.10. The van der Waals surface area contributed by atoms with Gasteiger partial charge in [0.25, 0.3) is 5.91 Å². The highest BCUT2D eigenvalue weighted by Crippen LogP contribution is 2.22. The number of ether oxygens (including phenoxy) is 1. The van der Waals surface area contributed by atoms with Crippen molar-refractivity contribution in [3.63, 3.8) is 0 Å². The van der Waals surface area contributed by atoms with Crippen molar-refractivity contribution in [2.75, 3.05) is 13.2 Å². The number of carbonyl (C=O) groups is 2. The number of amides is 2. The molecule has 0 aromatic heterocycles. The van der Waals surface area contributed by atoms with E-state index in [1.807, 2.05) is 79.7 Å². The topological polar surface area (TPSA) is 58.6 Å². The van der Waals surface area contributed by atoms with E-state index in [1.54, 1.807) is 4.90 Å². The van der Waals surface area contributed by atoms with E-state index < -0.39 is 6.04 Å². The lowest BCUT2D eigenvalue weighted by atomic mass is 10.0.